The Morgan fingerprint density at radius 1 is 1.07 bits per heavy atom. The maximum atomic E-state index is 13.7. The minimum Gasteiger partial charge on any atom is -0.506 e. The molecule has 4 aliphatic rings. The van der Waals surface area contributed by atoms with Crippen molar-refractivity contribution in [3.8, 4) is 5.75 Å². The van der Waals surface area contributed by atoms with Crippen molar-refractivity contribution >= 4 is 35.7 Å². The first kappa shape index (κ1) is 32.7. The summed E-state index contributed by atoms with van der Waals surface area (Å²) in [6.07, 6.45) is 5.29. The molecule has 10 nitrogen and oxygen atoms in total. The smallest absolute Gasteiger partial charge is 0.322 e. The molecular formula is C35H46ClN5O5. The van der Waals surface area contributed by atoms with E-state index < -0.39 is 16.2 Å². The number of fused-ring (bicyclic) bond motifs is 1. The largest absolute Gasteiger partial charge is 0.506 e. The molecule has 2 aromatic carbocycles. The molecule has 3 atom stereocenters. The Hall–Kier alpha value is -3.18. The quantitative estimate of drug-likeness (QED) is 0.339. The van der Waals surface area contributed by atoms with Crippen LogP contribution in [-0.4, -0.2) is 101 Å². The zero-order chi connectivity index (χ0) is 32.5. The topological polar surface area (TPSA) is 116 Å². The minimum absolute atomic E-state index is 0.00211. The second-order valence-electron chi connectivity index (χ2n) is 13.9. The number of nitrogens with one attached hydrogen (secondary N) is 1. The number of likely N-dealkylation sites (tertiary alicyclic amines) is 3. The highest BCUT2D eigenvalue weighted by Crippen LogP contribution is 2.47. The van der Waals surface area contributed by atoms with Gasteiger partial charge < -0.3 is 34.9 Å². The molecule has 0 spiro atoms. The number of urea groups is 1. The first-order valence-corrected chi connectivity index (χ1v) is 17.1. The molecule has 4 heterocycles. The maximum absolute atomic E-state index is 13.7. The molecule has 46 heavy (non-hydrogen) atoms. The number of carboxylic acid groups (broad SMARTS) is 1. The van der Waals surface area contributed by atoms with Gasteiger partial charge in [-0.3, -0.25) is 9.38 Å². The van der Waals surface area contributed by atoms with Crippen LogP contribution in [0.15, 0.2) is 42.5 Å². The summed E-state index contributed by atoms with van der Waals surface area (Å²) in [5.41, 5.74) is 1.37. The summed E-state index contributed by atoms with van der Waals surface area (Å²) < 4.78 is -0.460. The number of hydrogen-bond acceptors (Lipinski definition) is 7. The minimum atomic E-state index is -1.24. The fraction of sp³-hybridized carbons (Fsp3) is 0.571. The number of halogens is 1. The Morgan fingerprint density at radius 3 is 2.43 bits per heavy atom. The van der Waals surface area contributed by atoms with Crippen molar-refractivity contribution in [1.82, 2.24) is 14.7 Å². The van der Waals surface area contributed by atoms with Crippen molar-refractivity contribution in [2.45, 2.75) is 69.6 Å². The van der Waals surface area contributed by atoms with E-state index in [1.165, 1.54) is 18.9 Å². The number of carbonyl (C=O) groups excluding carboxylic acids is 3. The SMILES string of the molecule is CN1CCC(C2CCN(C3(CC=O)CC(N4CCc5ccccc5NC4=O)CC[N@+]3(Cc3ccc(O)c(Cl)c3)C(=O)[O-])CC2)CC1. The number of benzene rings is 2. The fourth-order valence-corrected chi connectivity index (χ4v) is 9.16. The van der Waals surface area contributed by atoms with E-state index in [0.717, 1.165) is 43.5 Å². The van der Waals surface area contributed by atoms with Crippen molar-refractivity contribution in [3.05, 3.63) is 58.6 Å². The van der Waals surface area contributed by atoms with Gasteiger partial charge >= 0.3 is 6.03 Å². The molecule has 3 amide bonds. The number of hydrogen-bond donors (Lipinski definition) is 2. The van der Waals surface area contributed by atoms with Crippen LogP contribution in [0.2, 0.25) is 5.02 Å². The van der Waals surface area contributed by atoms with Crippen LogP contribution in [0.4, 0.5) is 15.3 Å². The highest BCUT2D eigenvalue weighted by molar-refractivity contribution is 6.32. The molecule has 3 saturated heterocycles. The summed E-state index contributed by atoms with van der Waals surface area (Å²) >= 11 is 6.29. The lowest BCUT2D eigenvalue weighted by atomic mass is 9.76. The number of aromatic hydroxyl groups is 1. The number of piperidine rings is 3. The van der Waals surface area contributed by atoms with Gasteiger partial charge in [-0.25, -0.2) is 4.79 Å². The van der Waals surface area contributed by atoms with Gasteiger partial charge in [-0.2, -0.15) is 0 Å². The molecule has 0 aliphatic carbocycles. The second-order valence-corrected chi connectivity index (χ2v) is 14.3. The van der Waals surface area contributed by atoms with Crippen LogP contribution in [0.5, 0.6) is 5.75 Å². The average molecular weight is 652 g/mol. The van der Waals surface area contributed by atoms with E-state index in [9.17, 15) is 24.6 Å². The van der Waals surface area contributed by atoms with Gasteiger partial charge in [-0.1, -0.05) is 29.8 Å². The number of aldehydes is 1. The summed E-state index contributed by atoms with van der Waals surface area (Å²) in [6, 6.07) is 12.1. The number of phenolic OH excluding ortho intramolecular Hbond substituents is 1. The van der Waals surface area contributed by atoms with Gasteiger partial charge in [0.15, 0.2) is 5.66 Å². The van der Waals surface area contributed by atoms with E-state index >= 15 is 0 Å². The van der Waals surface area contributed by atoms with E-state index in [-0.39, 0.29) is 42.4 Å². The molecule has 248 valence electrons. The van der Waals surface area contributed by atoms with E-state index in [1.807, 2.05) is 29.2 Å². The highest BCUT2D eigenvalue weighted by atomic mass is 35.5. The van der Waals surface area contributed by atoms with Gasteiger partial charge in [0, 0.05) is 49.8 Å². The van der Waals surface area contributed by atoms with Gasteiger partial charge in [0.1, 0.15) is 18.6 Å². The van der Waals surface area contributed by atoms with Crippen molar-refractivity contribution < 1.29 is 29.1 Å². The lowest BCUT2D eigenvalue weighted by Crippen LogP contribution is -2.80. The van der Waals surface area contributed by atoms with Crippen LogP contribution in [0, 0.1) is 11.8 Å². The van der Waals surface area contributed by atoms with E-state index in [2.05, 4.69) is 22.2 Å². The van der Waals surface area contributed by atoms with Gasteiger partial charge in [0.2, 0.25) is 0 Å². The molecule has 4 aliphatic heterocycles. The monoisotopic (exact) mass is 651 g/mol. The molecule has 0 radical (unpaired) electrons. The second kappa shape index (κ2) is 13.5. The van der Waals surface area contributed by atoms with Crippen LogP contribution in [0.3, 0.4) is 0 Å². The van der Waals surface area contributed by atoms with Crippen LogP contribution in [-0.2, 0) is 17.8 Å². The molecule has 2 unspecified atom stereocenters. The molecular weight excluding hydrogens is 606 g/mol. The molecule has 3 fully saturated rings. The molecule has 2 aromatic rings. The third kappa shape index (κ3) is 6.12. The van der Waals surface area contributed by atoms with Crippen molar-refractivity contribution in [3.63, 3.8) is 0 Å². The Kier molecular flexibility index (Phi) is 9.62. The van der Waals surface area contributed by atoms with Crippen LogP contribution >= 0.6 is 11.6 Å². The number of para-hydroxylation sites is 1. The van der Waals surface area contributed by atoms with E-state index in [4.69, 9.17) is 11.6 Å². The number of anilines is 1. The number of amides is 3. The summed E-state index contributed by atoms with van der Waals surface area (Å²) in [5.74, 6) is 1.14. The standard InChI is InChI=1S/C35H46ClN5O5/c1-38-15-8-26(9-16-38)27-10-17-39(18-11-27)35(14-21-42)23-29(40-19-12-28-4-2-3-5-31(28)37-33(40)44)13-20-41(35,34(45)46)24-25-6-7-32(43)30(36)22-25/h2-7,21-22,26-27,29H,8-20,23-24H2,1H3,(H2-,37,43,44,45,46)/t29?,35?,41-/m0/s1. The average Bonchev–Trinajstić information content (AvgIpc) is 3.22. The number of nitrogens with zero attached hydrogens (tertiary/aromatic N) is 4. The van der Waals surface area contributed by atoms with Crippen molar-refractivity contribution in [2.24, 2.45) is 11.8 Å². The van der Waals surface area contributed by atoms with Crippen molar-refractivity contribution in [1.29, 1.82) is 0 Å². The van der Waals surface area contributed by atoms with Gasteiger partial charge in [0.25, 0.3) is 6.09 Å². The van der Waals surface area contributed by atoms with E-state index in [0.29, 0.717) is 56.3 Å². The molecule has 11 heteroatoms. The van der Waals surface area contributed by atoms with Gasteiger partial charge in [0.05, 0.1) is 18.0 Å². The first-order chi connectivity index (χ1) is 22.2. The third-order valence-corrected chi connectivity index (χ3v) is 11.9. The normalized spacial score (nSPS) is 28.7. The Balaban J connectivity index is 1.35. The number of phenols is 1. The predicted octanol–water partition coefficient (Wildman–Crippen LogP) is 4.30. The summed E-state index contributed by atoms with van der Waals surface area (Å²) in [6.45, 7) is 4.30. The number of rotatable bonds is 7. The first-order valence-electron chi connectivity index (χ1n) is 16.7. The molecule has 0 aromatic heterocycles. The lowest BCUT2D eigenvalue weighted by Gasteiger charge is -2.62. The predicted molar refractivity (Wildman–Crippen MR) is 174 cm³/mol. The molecule has 0 bridgehead atoms. The maximum Gasteiger partial charge on any atom is 0.322 e. The lowest BCUT2D eigenvalue weighted by molar-refractivity contribution is -0.956. The number of quaternary nitrogens is 1. The fourth-order valence-electron chi connectivity index (χ4n) is 8.96. The Labute approximate surface area is 276 Å². The summed E-state index contributed by atoms with van der Waals surface area (Å²) in [7, 11) is 2.17. The molecule has 2 N–H and O–H groups in total. The van der Waals surface area contributed by atoms with Crippen LogP contribution in [0.25, 0.3) is 0 Å². The molecule has 0 saturated carbocycles. The molecule has 6 rings (SSSR count). The Morgan fingerprint density at radius 2 is 1.76 bits per heavy atom. The number of carbonyl (C=O) groups is 3. The third-order valence-electron chi connectivity index (χ3n) is 11.6. The zero-order valence-electron chi connectivity index (χ0n) is 26.7. The van der Waals surface area contributed by atoms with Gasteiger partial charge in [-0.15, -0.1) is 0 Å². The van der Waals surface area contributed by atoms with Gasteiger partial charge in [-0.05, 0) is 93.9 Å². The zero-order valence-corrected chi connectivity index (χ0v) is 27.5. The van der Waals surface area contributed by atoms with E-state index in [1.54, 1.807) is 12.1 Å². The van der Waals surface area contributed by atoms with Crippen molar-refractivity contribution in [2.75, 3.05) is 51.6 Å². The summed E-state index contributed by atoms with van der Waals surface area (Å²) in [5, 5.41) is 26.9. The van der Waals surface area contributed by atoms with Crippen LogP contribution < -0.4 is 10.4 Å². The Bertz CT molecular complexity index is 1440. The highest BCUT2D eigenvalue weighted by Gasteiger charge is 2.61. The van der Waals surface area contributed by atoms with Crippen LogP contribution in [0.1, 0.15) is 56.1 Å². The summed E-state index contributed by atoms with van der Waals surface area (Å²) in [4.78, 5) is 46.4.